The first-order chi connectivity index (χ1) is 8.79. The van der Waals surface area contributed by atoms with Crippen LogP contribution in [0.1, 0.15) is 18.4 Å². The molecule has 0 aromatic heterocycles. The zero-order valence-corrected chi connectivity index (χ0v) is 11.6. The maximum Gasteiger partial charge on any atom is 0.118 e. The van der Waals surface area contributed by atoms with Crippen molar-refractivity contribution in [2.24, 2.45) is 0 Å². The van der Waals surface area contributed by atoms with Crippen molar-refractivity contribution in [1.82, 2.24) is 0 Å². The van der Waals surface area contributed by atoms with E-state index in [1.165, 1.54) is 5.56 Å². The highest BCUT2D eigenvalue weighted by atomic mass is 32.2. The van der Waals surface area contributed by atoms with Gasteiger partial charge in [0.2, 0.25) is 0 Å². The van der Waals surface area contributed by atoms with Crippen molar-refractivity contribution in [3.05, 3.63) is 29.8 Å². The fraction of sp³-hybridized carbons (Fsp3) is 0.571. The van der Waals surface area contributed by atoms with Gasteiger partial charge in [-0.2, -0.15) is 0 Å². The van der Waals surface area contributed by atoms with E-state index in [9.17, 15) is 4.21 Å². The molecule has 1 aliphatic heterocycles. The molecule has 3 nitrogen and oxygen atoms in total. The van der Waals surface area contributed by atoms with Crippen molar-refractivity contribution >= 4 is 10.8 Å². The lowest BCUT2D eigenvalue weighted by Gasteiger charge is -2.21. The first-order valence-electron chi connectivity index (χ1n) is 6.37. The Bertz CT molecular complexity index is 383. The number of benzene rings is 1. The minimum absolute atomic E-state index is 0.331. The van der Waals surface area contributed by atoms with Gasteiger partial charge in [-0.15, -0.1) is 0 Å². The molecule has 0 spiro atoms. The summed E-state index contributed by atoms with van der Waals surface area (Å²) in [5.74, 6) is 1.61. The fourth-order valence-corrected chi connectivity index (χ4v) is 3.60. The van der Waals surface area contributed by atoms with Crippen LogP contribution < -0.4 is 4.74 Å². The molecular weight excluding hydrogens is 248 g/mol. The Hall–Kier alpha value is -0.870. The Balaban J connectivity index is 1.80. The van der Waals surface area contributed by atoms with Gasteiger partial charge in [0.15, 0.2) is 0 Å². The van der Waals surface area contributed by atoms with Gasteiger partial charge in [0.1, 0.15) is 5.75 Å². The molecule has 1 atom stereocenters. The summed E-state index contributed by atoms with van der Waals surface area (Å²) >= 11 is 0. The van der Waals surface area contributed by atoms with Crippen LogP contribution in [0.3, 0.4) is 0 Å². The molecule has 0 amide bonds. The van der Waals surface area contributed by atoms with Crippen molar-refractivity contribution in [3.63, 3.8) is 0 Å². The van der Waals surface area contributed by atoms with E-state index < -0.39 is 10.8 Å². The molecule has 0 bridgehead atoms. The molecule has 18 heavy (non-hydrogen) atoms. The van der Waals surface area contributed by atoms with Gasteiger partial charge >= 0.3 is 0 Å². The highest BCUT2D eigenvalue weighted by molar-refractivity contribution is 7.85. The van der Waals surface area contributed by atoms with Crippen LogP contribution >= 0.6 is 0 Å². The molecule has 4 heteroatoms. The van der Waals surface area contributed by atoms with Crippen LogP contribution in [-0.2, 0) is 22.0 Å². The molecule has 1 saturated heterocycles. The highest BCUT2D eigenvalue weighted by Crippen LogP contribution is 2.16. The number of rotatable bonds is 5. The molecule has 1 aromatic rings. The predicted octanol–water partition coefficient (Wildman–Crippen LogP) is 2.17. The van der Waals surface area contributed by atoms with E-state index in [1.54, 1.807) is 7.11 Å². The van der Waals surface area contributed by atoms with Gasteiger partial charge in [0.05, 0.1) is 7.11 Å². The Morgan fingerprint density at radius 2 is 1.94 bits per heavy atom. The molecule has 0 N–H and O–H groups in total. The van der Waals surface area contributed by atoms with Crippen LogP contribution in [0.2, 0.25) is 0 Å². The van der Waals surface area contributed by atoms with Crippen molar-refractivity contribution in [2.45, 2.75) is 24.5 Å². The number of hydrogen-bond donors (Lipinski definition) is 0. The Kier molecular flexibility index (Phi) is 5.20. The highest BCUT2D eigenvalue weighted by Gasteiger charge is 2.19. The first kappa shape index (κ1) is 13.6. The maximum absolute atomic E-state index is 12.1. The minimum Gasteiger partial charge on any atom is -0.497 e. The third kappa shape index (κ3) is 3.82. The summed E-state index contributed by atoms with van der Waals surface area (Å²) in [5, 5.41) is 0.331. The topological polar surface area (TPSA) is 35.5 Å². The number of hydrogen-bond acceptors (Lipinski definition) is 3. The first-order valence-corrected chi connectivity index (χ1v) is 7.75. The zero-order valence-electron chi connectivity index (χ0n) is 10.8. The largest absolute Gasteiger partial charge is 0.497 e. The van der Waals surface area contributed by atoms with Crippen LogP contribution in [0, 0.1) is 0 Å². The summed E-state index contributed by atoms with van der Waals surface area (Å²) in [7, 11) is 0.937. The van der Waals surface area contributed by atoms with Crippen molar-refractivity contribution in [2.75, 3.05) is 26.1 Å². The van der Waals surface area contributed by atoms with E-state index in [2.05, 4.69) is 0 Å². The molecule has 100 valence electrons. The van der Waals surface area contributed by atoms with Crippen molar-refractivity contribution < 1.29 is 13.7 Å². The summed E-state index contributed by atoms with van der Waals surface area (Å²) in [6.07, 6.45) is 2.75. The maximum atomic E-state index is 12.1. The van der Waals surface area contributed by atoms with Gasteiger partial charge in [-0.05, 0) is 37.0 Å². The third-order valence-corrected chi connectivity index (χ3v) is 5.11. The van der Waals surface area contributed by atoms with Crippen molar-refractivity contribution in [3.8, 4) is 5.75 Å². The van der Waals surface area contributed by atoms with Crippen LogP contribution in [0.5, 0.6) is 5.75 Å². The molecule has 0 aliphatic carbocycles. The Morgan fingerprint density at radius 1 is 1.28 bits per heavy atom. The molecule has 1 aromatic carbocycles. The van der Waals surface area contributed by atoms with Crippen molar-refractivity contribution in [1.29, 1.82) is 0 Å². The second kappa shape index (κ2) is 6.90. The zero-order chi connectivity index (χ0) is 12.8. The molecule has 1 fully saturated rings. The molecule has 0 unspecified atom stereocenters. The normalized spacial score (nSPS) is 18.5. The Morgan fingerprint density at radius 3 is 2.56 bits per heavy atom. The molecule has 0 saturated carbocycles. The molecule has 1 heterocycles. The molecular formula is C14H20O3S. The Labute approximate surface area is 111 Å². The van der Waals surface area contributed by atoms with Crippen LogP contribution in [0.15, 0.2) is 24.3 Å². The summed E-state index contributed by atoms with van der Waals surface area (Å²) in [5.41, 5.74) is 1.22. The number of ether oxygens (including phenoxy) is 2. The second-order valence-corrected chi connectivity index (χ2v) is 6.33. The standard InChI is InChI=1S/C14H20O3S/c1-16-13-4-2-12(3-5-13)8-11-18(15)14-6-9-17-10-7-14/h2-5,14H,6-11H2,1H3/t18-/m0/s1. The summed E-state index contributed by atoms with van der Waals surface area (Å²) in [6.45, 7) is 1.53. The monoisotopic (exact) mass is 268 g/mol. The van der Waals surface area contributed by atoms with Gasteiger partial charge < -0.3 is 9.47 Å². The number of aryl methyl sites for hydroxylation is 1. The number of methoxy groups -OCH3 is 1. The van der Waals surface area contributed by atoms with E-state index in [0.717, 1.165) is 44.0 Å². The van der Waals surface area contributed by atoms with E-state index in [4.69, 9.17) is 9.47 Å². The quantitative estimate of drug-likeness (QED) is 0.821. The van der Waals surface area contributed by atoms with Gasteiger partial charge in [-0.1, -0.05) is 12.1 Å². The van der Waals surface area contributed by atoms with E-state index in [-0.39, 0.29) is 0 Å². The smallest absolute Gasteiger partial charge is 0.118 e. The second-order valence-electron chi connectivity index (χ2n) is 4.49. The van der Waals surface area contributed by atoms with Crippen LogP contribution in [-0.4, -0.2) is 35.5 Å². The van der Waals surface area contributed by atoms with Crippen LogP contribution in [0.4, 0.5) is 0 Å². The lowest BCUT2D eigenvalue weighted by atomic mass is 10.2. The fourth-order valence-electron chi connectivity index (χ4n) is 2.12. The van der Waals surface area contributed by atoms with Gasteiger partial charge in [0.25, 0.3) is 0 Å². The van der Waals surface area contributed by atoms with Crippen LogP contribution in [0.25, 0.3) is 0 Å². The van der Waals surface area contributed by atoms with E-state index >= 15 is 0 Å². The minimum atomic E-state index is -0.725. The third-order valence-electron chi connectivity index (χ3n) is 3.29. The lowest BCUT2D eigenvalue weighted by molar-refractivity contribution is 0.0992. The van der Waals surface area contributed by atoms with Gasteiger partial charge in [0, 0.05) is 35.0 Å². The van der Waals surface area contributed by atoms with E-state index in [1.807, 2.05) is 24.3 Å². The molecule has 0 radical (unpaired) electrons. The lowest BCUT2D eigenvalue weighted by Crippen LogP contribution is -2.26. The molecule has 1 aliphatic rings. The van der Waals surface area contributed by atoms with E-state index in [0.29, 0.717) is 5.25 Å². The average Bonchev–Trinajstić information content (AvgIpc) is 2.46. The summed E-state index contributed by atoms with van der Waals surface area (Å²) in [6, 6.07) is 7.99. The van der Waals surface area contributed by atoms with Gasteiger partial charge in [-0.25, -0.2) is 0 Å². The SMILES string of the molecule is COc1ccc(CC[S@](=O)C2CCOCC2)cc1. The average molecular weight is 268 g/mol. The summed E-state index contributed by atoms with van der Waals surface area (Å²) in [4.78, 5) is 0. The molecule has 2 rings (SSSR count). The predicted molar refractivity (Wildman–Crippen MR) is 73.5 cm³/mol. The van der Waals surface area contributed by atoms with Gasteiger partial charge in [-0.3, -0.25) is 4.21 Å². The summed E-state index contributed by atoms with van der Waals surface area (Å²) < 4.78 is 22.5.